The fourth-order valence-corrected chi connectivity index (χ4v) is 3.49. The van der Waals surface area contributed by atoms with E-state index in [1.54, 1.807) is 11.3 Å². The zero-order valence-electron chi connectivity index (χ0n) is 11.3. The molecule has 5 heteroatoms. The molecule has 0 atom stereocenters. The number of aromatic nitrogens is 2. The van der Waals surface area contributed by atoms with Gasteiger partial charge in [0.2, 0.25) is 0 Å². The first-order chi connectivity index (χ1) is 9.35. The van der Waals surface area contributed by atoms with Crippen LogP contribution in [0.2, 0.25) is 0 Å². The SMILES string of the molecule is CCNC1CCC(OCc2cn3ccsc3n2)CC1. The van der Waals surface area contributed by atoms with Gasteiger partial charge in [0.1, 0.15) is 0 Å². The van der Waals surface area contributed by atoms with Gasteiger partial charge in [0, 0.05) is 23.8 Å². The fraction of sp³-hybridized carbons (Fsp3) is 0.643. The second-order valence-corrected chi connectivity index (χ2v) is 6.04. The Morgan fingerprint density at radius 3 is 3.00 bits per heavy atom. The molecular weight excluding hydrogens is 258 g/mol. The summed E-state index contributed by atoms with van der Waals surface area (Å²) in [6, 6.07) is 0.697. The van der Waals surface area contributed by atoms with E-state index >= 15 is 0 Å². The zero-order chi connectivity index (χ0) is 13.1. The van der Waals surface area contributed by atoms with Crippen LogP contribution in [0.15, 0.2) is 17.8 Å². The van der Waals surface area contributed by atoms with Gasteiger partial charge in [-0.15, -0.1) is 11.3 Å². The van der Waals surface area contributed by atoms with Crippen LogP contribution in [0.1, 0.15) is 38.3 Å². The molecule has 0 aliphatic heterocycles. The maximum Gasteiger partial charge on any atom is 0.193 e. The van der Waals surface area contributed by atoms with Gasteiger partial charge in [0.15, 0.2) is 4.96 Å². The number of hydrogen-bond acceptors (Lipinski definition) is 4. The van der Waals surface area contributed by atoms with Gasteiger partial charge in [-0.25, -0.2) is 4.98 Å². The van der Waals surface area contributed by atoms with E-state index in [2.05, 4.69) is 33.2 Å². The van der Waals surface area contributed by atoms with Crippen molar-refractivity contribution >= 4 is 16.3 Å². The van der Waals surface area contributed by atoms with Crippen molar-refractivity contribution in [1.29, 1.82) is 0 Å². The van der Waals surface area contributed by atoms with E-state index in [1.807, 2.05) is 6.20 Å². The number of nitrogens with zero attached hydrogens (tertiary/aromatic N) is 2. The average Bonchev–Trinajstić information content (AvgIpc) is 2.99. The van der Waals surface area contributed by atoms with Crippen LogP contribution >= 0.6 is 11.3 Å². The third-order valence-electron chi connectivity index (χ3n) is 3.78. The van der Waals surface area contributed by atoms with Crippen molar-refractivity contribution in [3.8, 4) is 0 Å². The highest BCUT2D eigenvalue weighted by molar-refractivity contribution is 7.15. The highest BCUT2D eigenvalue weighted by Crippen LogP contribution is 2.22. The van der Waals surface area contributed by atoms with Gasteiger partial charge in [0.25, 0.3) is 0 Å². The van der Waals surface area contributed by atoms with Gasteiger partial charge in [-0.05, 0) is 32.2 Å². The van der Waals surface area contributed by atoms with E-state index in [0.717, 1.165) is 17.2 Å². The molecule has 0 spiro atoms. The minimum Gasteiger partial charge on any atom is -0.372 e. The summed E-state index contributed by atoms with van der Waals surface area (Å²) in [5.74, 6) is 0. The van der Waals surface area contributed by atoms with Gasteiger partial charge in [-0.3, -0.25) is 4.40 Å². The number of fused-ring (bicyclic) bond motifs is 1. The number of nitrogens with one attached hydrogen (secondary N) is 1. The molecule has 1 fully saturated rings. The molecule has 3 rings (SSSR count). The largest absolute Gasteiger partial charge is 0.372 e. The molecular formula is C14H21N3OS. The minimum absolute atomic E-state index is 0.412. The Hall–Kier alpha value is -0.910. The second kappa shape index (κ2) is 6.03. The van der Waals surface area contributed by atoms with Gasteiger partial charge in [-0.1, -0.05) is 6.92 Å². The average molecular weight is 279 g/mol. The number of rotatable bonds is 5. The summed E-state index contributed by atoms with van der Waals surface area (Å²) < 4.78 is 8.06. The molecule has 0 aromatic carbocycles. The number of thiazole rings is 1. The predicted octanol–water partition coefficient (Wildman–Crippen LogP) is 2.83. The summed E-state index contributed by atoms with van der Waals surface area (Å²) in [5, 5.41) is 5.57. The van der Waals surface area contributed by atoms with Crippen LogP contribution in [0.5, 0.6) is 0 Å². The zero-order valence-corrected chi connectivity index (χ0v) is 12.2. The van der Waals surface area contributed by atoms with Crippen LogP contribution in [-0.4, -0.2) is 28.1 Å². The highest BCUT2D eigenvalue weighted by Gasteiger charge is 2.21. The molecule has 0 unspecified atom stereocenters. The Bertz CT molecular complexity index is 485. The lowest BCUT2D eigenvalue weighted by atomic mass is 9.93. The quantitative estimate of drug-likeness (QED) is 0.914. The summed E-state index contributed by atoms with van der Waals surface area (Å²) >= 11 is 1.66. The van der Waals surface area contributed by atoms with E-state index in [1.165, 1.54) is 25.7 Å². The van der Waals surface area contributed by atoms with Gasteiger partial charge in [-0.2, -0.15) is 0 Å². The molecule has 0 amide bonds. The first-order valence-corrected chi connectivity index (χ1v) is 7.99. The first kappa shape index (κ1) is 13.1. The van der Waals surface area contributed by atoms with Gasteiger partial charge >= 0.3 is 0 Å². The number of imidazole rings is 1. The number of hydrogen-bond donors (Lipinski definition) is 1. The fourth-order valence-electron chi connectivity index (χ4n) is 2.77. The molecule has 2 aromatic rings. The molecule has 1 aliphatic carbocycles. The smallest absolute Gasteiger partial charge is 0.193 e. The van der Waals surface area contributed by atoms with Crippen molar-refractivity contribution in [1.82, 2.24) is 14.7 Å². The second-order valence-electron chi connectivity index (χ2n) is 5.17. The Kier molecular flexibility index (Phi) is 4.15. The summed E-state index contributed by atoms with van der Waals surface area (Å²) in [5.41, 5.74) is 1.04. The molecule has 2 aromatic heterocycles. The monoisotopic (exact) mass is 279 g/mol. The maximum absolute atomic E-state index is 6.00. The Balaban J connectivity index is 1.46. The Morgan fingerprint density at radius 1 is 1.42 bits per heavy atom. The van der Waals surface area contributed by atoms with Crippen molar-refractivity contribution in [3.05, 3.63) is 23.5 Å². The molecule has 2 heterocycles. The van der Waals surface area contributed by atoms with Crippen LogP contribution in [0.3, 0.4) is 0 Å². The van der Waals surface area contributed by atoms with Crippen molar-refractivity contribution < 1.29 is 4.74 Å². The third-order valence-corrected chi connectivity index (χ3v) is 4.55. The topological polar surface area (TPSA) is 38.6 Å². The summed E-state index contributed by atoms with van der Waals surface area (Å²) in [6.07, 6.45) is 9.32. The Morgan fingerprint density at radius 2 is 2.26 bits per heavy atom. The molecule has 4 nitrogen and oxygen atoms in total. The molecule has 0 radical (unpaired) electrons. The summed E-state index contributed by atoms with van der Waals surface area (Å²) in [4.78, 5) is 5.60. The van der Waals surface area contributed by atoms with E-state index in [0.29, 0.717) is 18.8 Å². The Labute approximate surface area is 117 Å². The van der Waals surface area contributed by atoms with E-state index in [9.17, 15) is 0 Å². The normalized spacial score (nSPS) is 24.1. The highest BCUT2D eigenvalue weighted by atomic mass is 32.1. The van der Waals surface area contributed by atoms with Gasteiger partial charge in [0.05, 0.1) is 18.4 Å². The van der Waals surface area contributed by atoms with Crippen molar-refractivity contribution in [2.24, 2.45) is 0 Å². The van der Waals surface area contributed by atoms with Crippen LogP contribution in [0.4, 0.5) is 0 Å². The van der Waals surface area contributed by atoms with Crippen LogP contribution < -0.4 is 5.32 Å². The van der Waals surface area contributed by atoms with Crippen molar-refractivity contribution in [2.45, 2.75) is 51.4 Å². The minimum atomic E-state index is 0.412. The standard InChI is InChI=1S/C14H21N3OS/c1-2-15-11-3-5-13(6-4-11)18-10-12-9-17-7-8-19-14(17)16-12/h7-9,11,13,15H,2-6,10H2,1H3. The lowest BCUT2D eigenvalue weighted by molar-refractivity contribution is 0.0101. The molecule has 1 aliphatic rings. The molecule has 104 valence electrons. The van der Waals surface area contributed by atoms with Gasteiger partial charge < -0.3 is 10.1 Å². The molecule has 19 heavy (non-hydrogen) atoms. The number of ether oxygens (including phenoxy) is 1. The van der Waals surface area contributed by atoms with E-state index in [-0.39, 0.29) is 0 Å². The van der Waals surface area contributed by atoms with E-state index in [4.69, 9.17) is 4.74 Å². The predicted molar refractivity (Wildman–Crippen MR) is 77.6 cm³/mol. The maximum atomic E-state index is 6.00. The third kappa shape index (κ3) is 3.16. The molecule has 0 bridgehead atoms. The first-order valence-electron chi connectivity index (χ1n) is 7.11. The summed E-state index contributed by atoms with van der Waals surface area (Å²) in [6.45, 7) is 3.89. The lowest BCUT2D eigenvalue weighted by Gasteiger charge is -2.28. The van der Waals surface area contributed by atoms with Crippen molar-refractivity contribution in [3.63, 3.8) is 0 Å². The molecule has 0 saturated heterocycles. The van der Waals surface area contributed by atoms with E-state index < -0.39 is 0 Å². The summed E-state index contributed by atoms with van der Waals surface area (Å²) in [7, 11) is 0. The van der Waals surface area contributed by atoms with Crippen LogP contribution in [0.25, 0.3) is 4.96 Å². The molecule has 1 saturated carbocycles. The lowest BCUT2D eigenvalue weighted by Crippen LogP contribution is -2.35. The van der Waals surface area contributed by atoms with Crippen LogP contribution in [0, 0.1) is 0 Å². The molecule has 1 N–H and O–H groups in total. The van der Waals surface area contributed by atoms with Crippen molar-refractivity contribution in [2.75, 3.05) is 6.54 Å². The van der Waals surface area contributed by atoms with Crippen LogP contribution in [-0.2, 0) is 11.3 Å².